The number of hydrogen-bond acceptors (Lipinski definition) is 3. The van der Waals surface area contributed by atoms with Crippen LogP contribution in [0.1, 0.15) is 24.4 Å². The van der Waals surface area contributed by atoms with Gasteiger partial charge in [0.2, 0.25) is 0 Å². The average Bonchev–Trinajstić information content (AvgIpc) is 3.15. The quantitative estimate of drug-likeness (QED) is 0.930. The topological polar surface area (TPSA) is 59.4 Å². The maximum Gasteiger partial charge on any atom is 0.318 e. The Labute approximate surface area is 147 Å². The minimum atomic E-state index is 0.0122. The van der Waals surface area contributed by atoms with Gasteiger partial charge in [0, 0.05) is 44.1 Å². The van der Waals surface area contributed by atoms with E-state index in [2.05, 4.69) is 34.7 Å². The summed E-state index contributed by atoms with van der Waals surface area (Å²) >= 11 is 0. The predicted molar refractivity (Wildman–Crippen MR) is 94.0 cm³/mol. The molecule has 2 aliphatic heterocycles. The Balaban J connectivity index is 1.44. The van der Waals surface area contributed by atoms with Crippen molar-refractivity contribution in [3.05, 3.63) is 54.4 Å². The lowest BCUT2D eigenvalue weighted by atomic mass is 9.64. The Morgan fingerprint density at radius 2 is 2.04 bits per heavy atom. The number of carbonyl (C=O) groups is 1. The van der Waals surface area contributed by atoms with Gasteiger partial charge in [-0.3, -0.25) is 4.68 Å². The van der Waals surface area contributed by atoms with Crippen molar-refractivity contribution >= 4 is 6.03 Å². The second-order valence-corrected chi connectivity index (χ2v) is 6.92. The van der Waals surface area contributed by atoms with Crippen LogP contribution in [0.3, 0.4) is 0 Å². The Morgan fingerprint density at radius 3 is 2.76 bits per heavy atom. The number of nitrogens with zero attached hydrogens (tertiary/aromatic N) is 3. The van der Waals surface area contributed by atoms with Crippen LogP contribution in [-0.4, -0.2) is 47.0 Å². The molecule has 2 amide bonds. The smallest absolute Gasteiger partial charge is 0.318 e. The van der Waals surface area contributed by atoms with Crippen molar-refractivity contribution in [1.29, 1.82) is 0 Å². The number of hydrogen-bond donors (Lipinski definition) is 1. The van der Waals surface area contributed by atoms with Gasteiger partial charge in [-0.05, 0) is 24.5 Å². The van der Waals surface area contributed by atoms with Crippen molar-refractivity contribution in [3.8, 4) is 0 Å². The van der Waals surface area contributed by atoms with Crippen LogP contribution in [0.4, 0.5) is 4.79 Å². The molecule has 6 heteroatoms. The zero-order valence-electron chi connectivity index (χ0n) is 14.3. The van der Waals surface area contributed by atoms with Crippen LogP contribution in [0.5, 0.6) is 0 Å². The molecule has 0 aliphatic carbocycles. The zero-order valence-corrected chi connectivity index (χ0v) is 14.3. The number of benzene rings is 1. The molecule has 3 heterocycles. The van der Waals surface area contributed by atoms with Crippen LogP contribution in [0, 0.1) is 5.41 Å². The highest BCUT2D eigenvalue weighted by Gasteiger charge is 2.55. The molecule has 0 bridgehead atoms. The van der Waals surface area contributed by atoms with E-state index >= 15 is 0 Å². The number of urea groups is 1. The summed E-state index contributed by atoms with van der Waals surface area (Å²) in [4.78, 5) is 14.7. The maximum atomic E-state index is 12.7. The lowest BCUT2D eigenvalue weighted by molar-refractivity contribution is -0.111. The van der Waals surface area contributed by atoms with Gasteiger partial charge in [-0.2, -0.15) is 5.10 Å². The summed E-state index contributed by atoms with van der Waals surface area (Å²) in [5.41, 5.74) is 1.39. The summed E-state index contributed by atoms with van der Waals surface area (Å²) in [6.07, 6.45) is 5.68. The number of rotatable bonds is 4. The van der Waals surface area contributed by atoms with Gasteiger partial charge in [0.1, 0.15) is 0 Å². The van der Waals surface area contributed by atoms with Gasteiger partial charge in [0.05, 0.1) is 12.6 Å². The minimum absolute atomic E-state index is 0.0122. The minimum Gasteiger partial charge on any atom is -0.381 e. The first-order valence-corrected chi connectivity index (χ1v) is 8.93. The average molecular weight is 340 g/mol. The fourth-order valence-corrected chi connectivity index (χ4v) is 4.11. The van der Waals surface area contributed by atoms with Gasteiger partial charge in [0.25, 0.3) is 0 Å². The molecule has 1 aromatic heterocycles. The standard InChI is InChI=1S/C19H24N4O2/c24-18(20-10-12-22-11-4-9-21-22)23-15-19(7-13-25-14-8-19)17(23)16-5-2-1-3-6-16/h1-6,9,11,17H,7-8,10,12-15H2,(H,20,24). The van der Waals surface area contributed by atoms with Gasteiger partial charge >= 0.3 is 6.03 Å². The lowest BCUT2D eigenvalue weighted by Crippen LogP contribution is -2.64. The summed E-state index contributed by atoms with van der Waals surface area (Å²) in [5, 5.41) is 7.20. The molecule has 1 N–H and O–H groups in total. The largest absolute Gasteiger partial charge is 0.381 e. The Kier molecular flexibility index (Phi) is 4.44. The summed E-state index contributed by atoms with van der Waals surface area (Å²) in [6, 6.07) is 12.4. The van der Waals surface area contributed by atoms with Gasteiger partial charge in [-0.1, -0.05) is 30.3 Å². The molecule has 132 valence electrons. The highest BCUT2D eigenvalue weighted by atomic mass is 16.5. The number of nitrogens with one attached hydrogen (secondary N) is 1. The summed E-state index contributed by atoms with van der Waals surface area (Å²) in [5.74, 6) is 0. The maximum absolute atomic E-state index is 12.7. The highest BCUT2D eigenvalue weighted by molar-refractivity contribution is 5.76. The summed E-state index contributed by atoms with van der Waals surface area (Å²) in [7, 11) is 0. The fraction of sp³-hybridized carbons (Fsp3) is 0.474. The number of amides is 2. The van der Waals surface area contributed by atoms with Crippen molar-refractivity contribution in [2.24, 2.45) is 5.41 Å². The highest BCUT2D eigenvalue weighted by Crippen LogP contribution is 2.54. The molecule has 2 aliphatic rings. The SMILES string of the molecule is O=C(NCCn1cccn1)N1CC2(CCOCC2)C1c1ccccc1. The van der Waals surface area contributed by atoms with Gasteiger partial charge in [-0.25, -0.2) is 4.79 Å². The predicted octanol–water partition coefficient (Wildman–Crippen LogP) is 2.45. The third kappa shape index (κ3) is 3.14. The first-order valence-electron chi connectivity index (χ1n) is 8.93. The molecule has 1 atom stereocenters. The monoisotopic (exact) mass is 340 g/mol. The molecule has 1 aromatic carbocycles. The van der Waals surface area contributed by atoms with E-state index in [0.717, 1.165) is 32.6 Å². The van der Waals surface area contributed by atoms with E-state index < -0.39 is 0 Å². The number of aromatic nitrogens is 2. The molecule has 1 unspecified atom stereocenters. The van der Waals surface area contributed by atoms with Crippen LogP contribution in [0.2, 0.25) is 0 Å². The third-order valence-electron chi connectivity index (χ3n) is 5.42. The van der Waals surface area contributed by atoms with Gasteiger partial charge < -0.3 is 15.0 Å². The van der Waals surface area contributed by atoms with Crippen molar-refractivity contribution in [3.63, 3.8) is 0 Å². The number of ether oxygens (including phenoxy) is 1. The van der Waals surface area contributed by atoms with E-state index in [4.69, 9.17) is 4.74 Å². The normalized spacial score (nSPS) is 21.8. The molecule has 1 spiro atoms. The van der Waals surface area contributed by atoms with E-state index in [0.29, 0.717) is 13.1 Å². The van der Waals surface area contributed by atoms with E-state index in [1.165, 1.54) is 5.56 Å². The van der Waals surface area contributed by atoms with Gasteiger partial charge in [0.15, 0.2) is 0 Å². The molecular formula is C19H24N4O2. The van der Waals surface area contributed by atoms with Crippen LogP contribution in [0.15, 0.2) is 48.8 Å². The molecule has 2 fully saturated rings. The van der Waals surface area contributed by atoms with Crippen LogP contribution >= 0.6 is 0 Å². The Morgan fingerprint density at radius 1 is 1.24 bits per heavy atom. The van der Waals surface area contributed by atoms with Crippen molar-refractivity contribution in [1.82, 2.24) is 20.0 Å². The Bertz CT molecular complexity index is 695. The molecule has 6 nitrogen and oxygen atoms in total. The third-order valence-corrected chi connectivity index (χ3v) is 5.42. The Hall–Kier alpha value is -2.34. The molecule has 25 heavy (non-hydrogen) atoms. The molecule has 4 rings (SSSR count). The van der Waals surface area contributed by atoms with Crippen molar-refractivity contribution < 1.29 is 9.53 Å². The van der Waals surface area contributed by atoms with Gasteiger partial charge in [-0.15, -0.1) is 0 Å². The van der Waals surface area contributed by atoms with E-state index in [1.54, 1.807) is 6.20 Å². The van der Waals surface area contributed by atoms with E-state index in [-0.39, 0.29) is 17.5 Å². The zero-order chi connectivity index (χ0) is 17.1. The van der Waals surface area contributed by atoms with Crippen LogP contribution in [-0.2, 0) is 11.3 Å². The molecular weight excluding hydrogens is 316 g/mol. The first kappa shape index (κ1) is 16.1. The van der Waals surface area contributed by atoms with E-state index in [1.807, 2.05) is 27.9 Å². The van der Waals surface area contributed by atoms with E-state index in [9.17, 15) is 4.79 Å². The van der Waals surface area contributed by atoms with Crippen molar-refractivity contribution in [2.45, 2.75) is 25.4 Å². The molecule has 0 saturated carbocycles. The van der Waals surface area contributed by atoms with Crippen LogP contribution < -0.4 is 5.32 Å². The number of likely N-dealkylation sites (tertiary alicyclic amines) is 1. The molecule has 2 saturated heterocycles. The molecule has 2 aromatic rings. The van der Waals surface area contributed by atoms with Crippen molar-refractivity contribution in [2.75, 3.05) is 26.3 Å². The second-order valence-electron chi connectivity index (χ2n) is 6.92. The van der Waals surface area contributed by atoms with Crippen LogP contribution in [0.25, 0.3) is 0 Å². The number of carbonyl (C=O) groups excluding carboxylic acids is 1. The lowest BCUT2D eigenvalue weighted by Gasteiger charge is -2.59. The molecule has 0 radical (unpaired) electrons. The fourth-order valence-electron chi connectivity index (χ4n) is 4.11. The first-order chi connectivity index (χ1) is 12.3. The summed E-state index contributed by atoms with van der Waals surface area (Å²) < 4.78 is 7.38. The second kappa shape index (κ2) is 6.88. The summed E-state index contributed by atoms with van der Waals surface area (Å²) in [6.45, 7) is 3.65.